The Balaban J connectivity index is 2.40. The summed E-state index contributed by atoms with van der Waals surface area (Å²) in [6, 6.07) is 3.45. The van der Waals surface area contributed by atoms with Gasteiger partial charge in [-0.25, -0.2) is 0 Å². The molecule has 1 unspecified atom stereocenters. The van der Waals surface area contributed by atoms with E-state index < -0.39 is 6.10 Å². The van der Waals surface area contributed by atoms with Gasteiger partial charge in [0.05, 0.1) is 19.3 Å². The van der Waals surface area contributed by atoms with E-state index in [2.05, 4.69) is 5.32 Å². The van der Waals surface area contributed by atoms with Crippen molar-refractivity contribution in [2.24, 2.45) is 0 Å². The van der Waals surface area contributed by atoms with Gasteiger partial charge in [-0.3, -0.25) is 0 Å². The fourth-order valence-electron chi connectivity index (χ4n) is 1.93. The molecule has 0 spiro atoms. The van der Waals surface area contributed by atoms with E-state index >= 15 is 0 Å². The van der Waals surface area contributed by atoms with Gasteiger partial charge in [0.15, 0.2) is 0 Å². The Hall–Kier alpha value is -1.10. The van der Waals surface area contributed by atoms with Crippen molar-refractivity contribution in [2.75, 3.05) is 13.6 Å². The maximum Gasteiger partial charge on any atom is 0.121 e. The van der Waals surface area contributed by atoms with Crippen LogP contribution in [0.4, 0.5) is 0 Å². The van der Waals surface area contributed by atoms with Crippen LogP contribution in [-0.2, 0) is 18.0 Å². The Kier molecular flexibility index (Phi) is 2.90. The predicted octanol–water partition coefficient (Wildman–Crippen LogP) is 0.675. The van der Waals surface area contributed by atoms with Crippen molar-refractivity contribution in [3.05, 3.63) is 28.8 Å². The molecule has 1 heterocycles. The number of aliphatic hydroxyl groups is 1. The lowest BCUT2D eigenvalue weighted by Gasteiger charge is -2.15. The highest BCUT2D eigenvalue weighted by Crippen LogP contribution is 2.34. The number of phenolic OH excluding ortho intramolecular Hbond substituents is 1. The zero-order chi connectivity index (χ0) is 10.8. The molecule has 0 aromatic heterocycles. The molecule has 0 bridgehead atoms. The summed E-state index contributed by atoms with van der Waals surface area (Å²) in [5.74, 6) is 0.141. The van der Waals surface area contributed by atoms with Crippen LogP contribution in [0.1, 0.15) is 22.8 Å². The van der Waals surface area contributed by atoms with Crippen LogP contribution in [0.2, 0.25) is 0 Å². The summed E-state index contributed by atoms with van der Waals surface area (Å²) >= 11 is 0. The third kappa shape index (κ3) is 1.84. The fraction of sp³-hybridized carbons (Fsp3) is 0.455. The zero-order valence-electron chi connectivity index (χ0n) is 8.66. The molecule has 1 aromatic rings. The van der Waals surface area contributed by atoms with E-state index in [1.807, 2.05) is 6.07 Å². The lowest BCUT2D eigenvalue weighted by atomic mass is 9.98. The van der Waals surface area contributed by atoms with Gasteiger partial charge in [-0.15, -0.1) is 0 Å². The molecular weight excluding hydrogens is 194 g/mol. The summed E-state index contributed by atoms with van der Waals surface area (Å²) in [5, 5.41) is 22.5. The lowest BCUT2D eigenvalue weighted by molar-refractivity contribution is 0.130. The van der Waals surface area contributed by atoms with Crippen molar-refractivity contribution in [3.63, 3.8) is 0 Å². The third-order valence-electron chi connectivity index (χ3n) is 2.67. The first-order valence-electron chi connectivity index (χ1n) is 4.98. The Morgan fingerprint density at radius 1 is 1.47 bits per heavy atom. The van der Waals surface area contributed by atoms with Crippen molar-refractivity contribution in [2.45, 2.75) is 19.3 Å². The molecule has 0 amide bonds. The quantitative estimate of drug-likeness (QED) is 0.685. The second-order valence-corrected chi connectivity index (χ2v) is 3.70. The minimum Gasteiger partial charge on any atom is -0.508 e. The SMILES string of the molecule is CNCC(O)c1c(O)ccc2c1COC2. The number of nitrogens with one attached hydrogen (secondary N) is 1. The first-order chi connectivity index (χ1) is 7.24. The Labute approximate surface area is 88.5 Å². The molecule has 4 nitrogen and oxygen atoms in total. The normalized spacial score (nSPS) is 16.4. The molecule has 0 fully saturated rings. The molecule has 0 saturated carbocycles. The van der Waals surface area contributed by atoms with E-state index in [1.165, 1.54) is 0 Å². The summed E-state index contributed by atoms with van der Waals surface area (Å²) in [4.78, 5) is 0. The van der Waals surface area contributed by atoms with Crippen LogP contribution in [0.15, 0.2) is 12.1 Å². The number of aliphatic hydroxyl groups excluding tert-OH is 1. The van der Waals surface area contributed by atoms with Gasteiger partial charge in [-0.05, 0) is 24.2 Å². The number of hydrogen-bond donors (Lipinski definition) is 3. The zero-order valence-corrected chi connectivity index (χ0v) is 8.66. The van der Waals surface area contributed by atoms with Crippen LogP contribution in [0.3, 0.4) is 0 Å². The van der Waals surface area contributed by atoms with E-state index in [4.69, 9.17) is 4.74 Å². The van der Waals surface area contributed by atoms with Gasteiger partial charge in [0, 0.05) is 12.1 Å². The molecule has 2 rings (SSSR count). The minimum absolute atomic E-state index is 0.141. The van der Waals surface area contributed by atoms with Crippen LogP contribution in [0.5, 0.6) is 5.75 Å². The maximum atomic E-state index is 9.89. The van der Waals surface area contributed by atoms with Gasteiger partial charge in [-0.1, -0.05) is 6.07 Å². The standard InChI is InChI=1S/C11H15NO3/c1-12-4-10(14)11-8-6-15-5-7(8)2-3-9(11)13/h2-3,10,12-14H,4-6H2,1H3. The number of fused-ring (bicyclic) bond motifs is 1. The van der Waals surface area contributed by atoms with Crippen molar-refractivity contribution in [1.82, 2.24) is 5.32 Å². The number of ether oxygens (including phenoxy) is 1. The van der Waals surface area contributed by atoms with Crippen molar-refractivity contribution < 1.29 is 14.9 Å². The summed E-state index contributed by atoms with van der Waals surface area (Å²) in [7, 11) is 1.76. The van der Waals surface area contributed by atoms with E-state index in [-0.39, 0.29) is 5.75 Å². The number of likely N-dealkylation sites (N-methyl/N-ethyl adjacent to an activating group) is 1. The Bertz CT molecular complexity index is 365. The topological polar surface area (TPSA) is 61.7 Å². The molecule has 0 radical (unpaired) electrons. The van der Waals surface area contributed by atoms with Crippen molar-refractivity contribution >= 4 is 0 Å². The Morgan fingerprint density at radius 2 is 2.27 bits per heavy atom. The van der Waals surface area contributed by atoms with Gasteiger partial charge in [0.1, 0.15) is 5.75 Å². The molecule has 0 saturated heterocycles. The smallest absolute Gasteiger partial charge is 0.121 e. The van der Waals surface area contributed by atoms with Gasteiger partial charge in [0.25, 0.3) is 0 Å². The average Bonchev–Trinajstić information content (AvgIpc) is 2.65. The van der Waals surface area contributed by atoms with Crippen LogP contribution in [-0.4, -0.2) is 23.8 Å². The summed E-state index contributed by atoms with van der Waals surface area (Å²) in [6.07, 6.45) is -0.688. The summed E-state index contributed by atoms with van der Waals surface area (Å²) < 4.78 is 5.30. The lowest BCUT2D eigenvalue weighted by Crippen LogP contribution is -2.18. The van der Waals surface area contributed by atoms with E-state index in [0.717, 1.165) is 11.1 Å². The largest absolute Gasteiger partial charge is 0.508 e. The highest BCUT2D eigenvalue weighted by Gasteiger charge is 2.22. The third-order valence-corrected chi connectivity index (χ3v) is 2.67. The monoisotopic (exact) mass is 209 g/mol. The molecule has 1 aliphatic heterocycles. The number of benzene rings is 1. The van der Waals surface area contributed by atoms with Crippen LogP contribution in [0.25, 0.3) is 0 Å². The number of aromatic hydroxyl groups is 1. The fourth-order valence-corrected chi connectivity index (χ4v) is 1.93. The number of phenols is 1. The van der Waals surface area contributed by atoms with E-state index in [9.17, 15) is 10.2 Å². The molecular formula is C11H15NO3. The Morgan fingerprint density at radius 3 is 3.00 bits per heavy atom. The molecule has 82 valence electrons. The van der Waals surface area contributed by atoms with Crippen LogP contribution < -0.4 is 5.32 Å². The van der Waals surface area contributed by atoms with Crippen LogP contribution in [0, 0.1) is 0 Å². The highest BCUT2D eigenvalue weighted by atomic mass is 16.5. The summed E-state index contributed by atoms with van der Waals surface area (Å²) in [5.41, 5.74) is 2.58. The average molecular weight is 209 g/mol. The van der Waals surface area contributed by atoms with Gasteiger partial charge < -0.3 is 20.3 Å². The van der Waals surface area contributed by atoms with Gasteiger partial charge in [-0.2, -0.15) is 0 Å². The minimum atomic E-state index is -0.688. The highest BCUT2D eigenvalue weighted by molar-refractivity contribution is 5.46. The number of hydrogen-bond acceptors (Lipinski definition) is 4. The van der Waals surface area contributed by atoms with Gasteiger partial charge in [0.2, 0.25) is 0 Å². The second kappa shape index (κ2) is 4.18. The first kappa shape index (κ1) is 10.4. The molecule has 3 N–H and O–H groups in total. The van der Waals surface area contributed by atoms with E-state index in [0.29, 0.717) is 25.3 Å². The number of rotatable bonds is 3. The molecule has 1 aromatic carbocycles. The molecule has 1 aliphatic rings. The molecule has 4 heteroatoms. The van der Waals surface area contributed by atoms with Crippen molar-refractivity contribution in [3.8, 4) is 5.75 Å². The van der Waals surface area contributed by atoms with Crippen LogP contribution >= 0.6 is 0 Å². The molecule has 15 heavy (non-hydrogen) atoms. The first-order valence-corrected chi connectivity index (χ1v) is 4.98. The second-order valence-electron chi connectivity index (χ2n) is 3.70. The predicted molar refractivity (Wildman–Crippen MR) is 55.5 cm³/mol. The maximum absolute atomic E-state index is 9.89. The van der Waals surface area contributed by atoms with Crippen molar-refractivity contribution in [1.29, 1.82) is 0 Å². The summed E-state index contributed by atoms with van der Waals surface area (Å²) in [6.45, 7) is 1.46. The molecule has 1 atom stereocenters. The van der Waals surface area contributed by atoms with E-state index in [1.54, 1.807) is 13.1 Å². The van der Waals surface area contributed by atoms with Gasteiger partial charge >= 0.3 is 0 Å². The molecule has 0 aliphatic carbocycles.